The third kappa shape index (κ3) is 6.66. The molecule has 2 aliphatic rings. The molecule has 0 bridgehead atoms. The highest BCUT2D eigenvalue weighted by Gasteiger charge is 2.36. The first-order valence-corrected chi connectivity index (χ1v) is 13.9. The van der Waals surface area contributed by atoms with Crippen molar-refractivity contribution in [1.82, 2.24) is 0 Å². The van der Waals surface area contributed by atoms with Gasteiger partial charge in [-0.2, -0.15) is 0 Å². The minimum absolute atomic E-state index is 0.0397. The number of esters is 2. The van der Waals surface area contributed by atoms with E-state index < -0.39 is 11.9 Å². The van der Waals surface area contributed by atoms with Crippen molar-refractivity contribution in [3.05, 3.63) is 52.6 Å². The number of Topliss-reactive ketones (excluding diaryl/α,β-unsaturated/α-hetero) is 1. The Hall–Kier alpha value is -3.81. The molecule has 2 heterocycles. The second kappa shape index (κ2) is 13.0. The van der Waals surface area contributed by atoms with Crippen LogP contribution in [0, 0.1) is 0 Å². The topological polar surface area (TPSA) is 97.4 Å². The van der Waals surface area contributed by atoms with E-state index in [1.807, 2.05) is 45.0 Å². The molecule has 0 unspecified atom stereocenters. The molecule has 0 amide bonds. The first-order chi connectivity index (χ1) is 19.2. The van der Waals surface area contributed by atoms with Crippen LogP contribution in [0.2, 0.25) is 0 Å². The molecule has 8 heteroatoms. The summed E-state index contributed by atoms with van der Waals surface area (Å²) in [5, 5.41) is 0. The van der Waals surface area contributed by atoms with Crippen molar-refractivity contribution in [1.29, 1.82) is 0 Å². The van der Waals surface area contributed by atoms with Gasteiger partial charge >= 0.3 is 11.9 Å². The van der Waals surface area contributed by atoms with Crippen molar-refractivity contribution >= 4 is 23.8 Å². The Labute approximate surface area is 235 Å². The van der Waals surface area contributed by atoms with Gasteiger partial charge in [0.25, 0.3) is 0 Å². The van der Waals surface area contributed by atoms with E-state index >= 15 is 0 Å². The molecule has 4 rings (SSSR count). The first kappa shape index (κ1) is 29.2. The molecule has 0 aromatic heterocycles. The van der Waals surface area contributed by atoms with E-state index in [4.69, 9.17) is 23.7 Å². The first-order valence-electron chi connectivity index (χ1n) is 13.9. The van der Waals surface area contributed by atoms with Crippen LogP contribution in [0.25, 0.3) is 6.08 Å². The average molecular weight is 551 g/mol. The molecule has 2 aromatic carbocycles. The Balaban J connectivity index is 1.84. The summed E-state index contributed by atoms with van der Waals surface area (Å²) in [6, 6.07) is 7.26. The van der Waals surface area contributed by atoms with Crippen molar-refractivity contribution in [2.75, 3.05) is 14.2 Å². The fourth-order valence-corrected chi connectivity index (χ4v) is 5.25. The van der Waals surface area contributed by atoms with Crippen LogP contribution in [0.1, 0.15) is 98.7 Å². The van der Waals surface area contributed by atoms with Crippen LogP contribution in [-0.2, 0) is 14.3 Å². The predicted molar refractivity (Wildman–Crippen MR) is 150 cm³/mol. The summed E-state index contributed by atoms with van der Waals surface area (Å²) in [5.74, 6) is 0.643. The third-order valence-corrected chi connectivity index (χ3v) is 7.11. The fraction of sp³-hybridized carbons (Fsp3) is 0.469. The van der Waals surface area contributed by atoms with Crippen molar-refractivity contribution < 1.29 is 38.1 Å². The van der Waals surface area contributed by atoms with E-state index in [9.17, 15) is 14.4 Å². The standard InChI is InChI=1S/C32H38O8/c1-19(2)38-25-15-14-21(16-26(25)36-4)24-18-28(34)40-27-17-22-11-7-6-8-12-23(33)13-9-10-20(3)39-32(35)29(22)31(37-5)30(24)27/h7,11,14-17,19-20,24H,6,8-10,12-13,18H2,1-5H3/t20-,24+/m1/s1. The number of ketones is 1. The summed E-state index contributed by atoms with van der Waals surface area (Å²) in [6.45, 7) is 5.70. The van der Waals surface area contributed by atoms with Gasteiger partial charge in [-0.05, 0) is 75.8 Å². The largest absolute Gasteiger partial charge is 0.495 e. The minimum Gasteiger partial charge on any atom is -0.495 e. The van der Waals surface area contributed by atoms with E-state index in [1.165, 1.54) is 7.11 Å². The number of hydrogen-bond acceptors (Lipinski definition) is 8. The fourth-order valence-electron chi connectivity index (χ4n) is 5.25. The van der Waals surface area contributed by atoms with Gasteiger partial charge in [-0.3, -0.25) is 9.59 Å². The Bertz CT molecular complexity index is 1290. The lowest BCUT2D eigenvalue weighted by atomic mass is 9.83. The van der Waals surface area contributed by atoms with Gasteiger partial charge in [-0.15, -0.1) is 0 Å². The molecule has 2 atom stereocenters. The smallest absolute Gasteiger partial charge is 0.342 e. The summed E-state index contributed by atoms with van der Waals surface area (Å²) in [4.78, 5) is 38.6. The summed E-state index contributed by atoms with van der Waals surface area (Å²) in [6.07, 6.45) is 7.00. The molecule has 2 aliphatic heterocycles. The molecule has 8 nitrogen and oxygen atoms in total. The van der Waals surface area contributed by atoms with Crippen molar-refractivity contribution in [2.24, 2.45) is 0 Å². The minimum atomic E-state index is -0.524. The molecule has 0 aliphatic carbocycles. The molecule has 0 saturated heterocycles. The number of benzene rings is 2. The lowest BCUT2D eigenvalue weighted by Gasteiger charge is -2.29. The summed E-state index contributed by atoms with van der Waals surface area (Å²) in [7, 11) is 3.07. The third-order valence-electron chi connectivity index (χ3n) is 7.11. The summed E-state index contributed by atoms with van der Waals surface area (Å²) >= 11 is 0. The van der Waals surface area contributed by atoms with Crippen molar-refractivity contribution in [3.63, 3.8) is 0 Å². The Morgan fingerprint density at radius 1 is 0.975 bits per heavy atom. The summed E-state index contributed by atoms with van der Waals surface area (Å²) < 4.78 is 28.9. The predicted octanol–water partition coefficient (Wildman–Crippen LogP) is 6.41. The van der Waals surface area contributed by atoms with Crippen LogP contribution in [0.5, 0.6) is 23.0 Å². The number of fused-ring (bicyclic) bond motifs is 2. The number of methoxy groups -OCH3 is 2. The maximum atomic E-state index is 13.6. The highest BCUT2D eigenvalue weighted by molar-refractivity contribution is 5.99. The molecule has 2 aromatic rings. The average Bonchev–Trinajstić information content (AvgIpc) is 2.90. The molecule has 0 fully saturated rings. The molecular weight excluding hydrogens is 512 g/mol. The molecule has 40 heavy (non-hydrogen) atoms. The monoisotopic (exact) mass is 550 g/mol. The van der Waals surface area contributed by atoms with E-state index in [1.54, 1.807) is 19.3 Å². The highest BCUT2D eigenvalue weighted by Crippen LogP contribution is 2.48. The van der Waals surface area contributed by atoms with Gasteiger partial charge in [0.15, 0.2) is 11.5 Å². The second-order valence-corrected chi connectivity index (χ2v) is 10.5. The van der Waals surface area contributed by atoms with Gasteiger partial charge in [-0.25, -0.2) is 4.79 Å². The van der Waals surface area contributed by atoms with E-state index in [0.29, 0.717) is 66.2 Å². The Morgan fingerprint density at radius 2 is 1.75 bits per heavy atom. The number of rotatable bonds is 5. The Kier molecular flexibility index (Phi) is 9.50. The van der Waals surface area contributed by atoms with Crippen molar-refractivity contribution in [2.45, 2.75) is 83.8 Å². The number of allylic oxidation sites excluding steroid dienone is 1. The normalized spacial score (nSPS) is 20.1. The van der Waals surface area contributed by atoms with Gasteiger partial charge < -0.3 is 23.7 Å². The van der Waals surface area contributed by atoms with Crippen molar-refractivity contribution in [3.8, 4) is 23.0 Å². The van der Waals surface area contributed by atoms with Gasteiger partial charge in [0.2, 0.25) is 0 Å². The quantitative estimate of drug-likeness (QED) is 0.311. The zero-order valence-electron chi connectivity index (χ0n) is 23.9. The van der Waals surface area contributed by atoms with Crippen LogP contribution >= 0.6 is 0 Å². The number of carbonyl (C=O) groups excluding carboxylic acids is 3. The van der Waals surface area contributed by atoms with Crippen LogP contribution in [0.15, 0.2) is 30.3 Å². The molecule has 0 radical (unpaired) electrons. The van der Waals surface area contributed by atoms with Crippen LogP contribution in [-0.4, -0.2) is 44.1 Å². The molecule has 214 valence electrons. The highest BCUT2D eigenvalue weighted by atomic mass is 16.6. The zero-order valence-corrected chi connectivity index (χ0v) is 23.9. The molecule has 0 saturated carbocycles. The second-order valence-electron chi connectivity index (χ2n) is 10.5. The van der Waals surface area contributed by atoms with Gasteiger partial charge in [0, 0.05) is 24.3 Å². The summed E-state index contributed by atoms with van der Waals surface area (Å²) in [5.41, 5.74) is 2.21. The molecule has 0 spiro atoms. The van der Waals surface area contributed by atoms with Crippen LogP contribution in [0.4, 0.5) is 0 Å². The number of cyclic esters (lactones) is 1. The van der Waals surface area contributed by atoms with E-state index in [-0.39, 0.29) is 35.9 Å². The molecule has 0 N–H and O–H groups in total. The van der Waals surface area contributed by atoms with Gasteiger partial charge in [0.1, 0.15) is 22.8 Å². The van der Waals surface area contributed by atoms with Gasteiger partial charge in [-0.1, -0.05) is 18.2 Å². The van der Waals surface area contributed by atoms with E-state index in [2.05, 4.69) is 0 Å². The maximum Gasteiger partial charge on any atom is 0.342 e. The SMILES string of the molecule is COc1cc([C@@H]2CC(=O)Oc3cc4c(c(OC)c32)C(=O)O[C@H](C)CCCC(=O)CCCC=C4)ccc1OC(C)C. The number of hydrogen-bond donors (Lipinski definition) is 0. The Morgan fingerprint density at radius 3 is 2.48 bits per heavy atom. The van der Waals surface area contributed by atoms with E-state index in [0.717, 1.165) is 12.0 Å². The maximum absolute atomic E-state index is 13.6. The lowest BCUT2D eigenvalue weighted by molar-refractivity contribution is -0.135. The van der Waals surface area contributed by atoms with Gasteiger partial charge in [0.05, 0.1) is 32.8 Å². The zero-order chi connectivity index (χ0) is 28.8. The molecular formula is C32H38O8. The van der Waals surface area contributed by atoms with Crippen LogP contribution in [0.3, 0.4) is 0 Å². The van der Waals surface area contributed by atoms with Crippen LogP contribution < -0.4 is 18.9 Å². The number of ether oxygens (including phenoxy) is 5. The number of carbonyl (C=O) groups is 3. The lowest BCUT2D eigenvalue weighted by Crippen LogP contribution is -2.24.